The summed E-state index contributed by atoms with van der Waals surface area (Å²) in [7, 11) is -3.15. The first-order chi connectivity index (χ1) is 15.8. The van der Waals surface area contributed by atoms with Crippen LogP contribution >= 0.6 is 7.82 Å². The van der Waals surface area contributed by atoms with Crippen LogP contribution in [0.2, 0.25) is 0 Å². The number of aromatic amines is 1. The molecule has 1 aliphatic rings. The van der Waals surface area contributed by atoms with Crippen LogP contribution < -0.4 is 14.0 Å². The number of ketones is 1. The fraction of sp³-hybridized carbons (Fsp3) is 0.0417. The molecule has 9 heteroatoms. The summed E-state index contributed by atoms with van der Waals surface area (Å²) in [6, 6.07) is 19.3. The van der Waals surface area contributed by atoms with Gasteiger partial charge >= 0.3 is 7.82 Å². The lowest BCUT2D eigenvalue weighted by Crippen LogP contribution is -1.98. The number of methoxy groups -OCH3 is 1. The molecule has 0 unspecified atom stereocenters. The molecule has 3 aromatic carbocycles. The molecule has 0 atom stereocenters. The number of carbonyl (C=O) groups is 1. The van der Waals surface area contributed by atoms with E-state index in [4.69, 9.17) is 19.3 Å². The van der Waals surface area contributed by atoms with Crippen molar-refractivity contribution >= 4 is 30.6 Å². The van der Waals surface area contributed by atoms with Crippen molar-refractivity contribution in [3.8, 4) is 28.5 Å². The van der Waals surface area contributed by atoms with E-state index in [-0.39, 0.29) is 28.6 Å². The van der Waals surface area contributed by atoms with E-state index in [1.165, 1.54) is 18.2 Å². The number of phosphoric acid groups is 1. The Hall–Kier alpha value is -3.84. The number of rotatable bonds is 5. The molecule has 2 heterocycles. The molecule has 1 aliphatic heterocycles. The summed E-state index contributed by atoms with van der Waals surface area (Å²) >= 11 is 0. The number of hydrogen-bond acceptors (Lipinski definition) is 5. The van der Waals surface area contributed by atoms with E-state index in [9.17, 15) is 9.36 Å². The Kier molecular flexibility index (Phi) is 5.06. The number of nitrogens with one attached hydrogen (secondary N) is 1. The molecule has 0 aliphatic carbocycles. The summed E-state index contributed by atoms with van der Waals surface area (Å²) in [5.41, 5.74) is 3.63. The molecule has 0 amide bonds. The van der Waals surface area contributed by atoms with Gasteiger partial charge in [0.05, 0.1) is 18.4 Å². The van der Waals surface area contributed by atoms with Crippen LogP contribution in [0.3, 0.4) is 0 Å². The van der Waals surface area contributed by atoms with Crippen LogP contribution in [0.4, 0.5) is 0 Å². The Morgan fingerprint density at radius 1 is 1.00 bits per heavy atom. The van der Waals surface area contributed by atoms with E-state index >= 15 is 0 Å². The first-order valence-corrected chi connectivity index (χ1v) is 11.4. The van der Waals surface area contributed by atoms with Crippen molar-refractivity contribution < 1.29 is 33.1 Å². The van der Waals surface area contributed by atoms with Crippen molar-refractivity contribution in [3.63, 3.8) is 0 Å². The number of benzene rings is 3. The highest BCUT2D eigenvalue weighted by atomic mass is 31.2. The standard InChI is InChI=1S/C24H18NO7P/c1-30-15-8-10-20-18(11-15)19(23(25-20)14-5-3-2-4-6-14)13-22-24(26)17-9-7-16(12-21(17)31-22)32-33(27,28)29/h2-13,25H,1H3,(H2,27,28,29). The summed E-state index contributed by atoms with van der Waals surface area (Å²) in [4.78, 5) is 34.5. The third-order valence-electron chi connectivity index (χ3n) is 5.25. The van der Waals surface area contributed by atoms with Gasteiger partial charge in [0.2, 0.25) is 5.78 Å². The van der Waals surface area contributed by atoms with Gasteiger partial charge in [-0.3, -0.25) is 14.6 Å². The summed E-state index contributed by atoms with van der Waals surface area (Å²) in [5.74, 6) is 0.471. The summed E-state index contributed by atoms with van der Waals surface area (Å²) in [6.45, 7) is 0. The number of hydrogen-bond donors (Lipinski definition) is 3. The largest absolute Gasteiger partial charge is 0.524 e. The van der Waals surface area contributed by atoms with E-state index in [1.807, 2.05) is 48.5 Å². The molecule has 0 spiro atoms. The SMILES string of the molecule is COc1ccc2[nH]c(-c3ccccc3)c(C=C3Oc4cc(OP(=O)(O)O)ccc4C3=O)c2c1. The molecule has 8 nitrogen and oxygen atoms in total. The van der Waals surface area contributed by atoms with Gasteiger partial charge in [-0.15, -0.1) is 0 Å². The lowest BCUT2D eigenvalue weighted by atomic mass is 10.0. The van der Waals surface area contributed by atoms with Crippen LogP contribution in [0, 0.1) is 0 Å². The second-order valence-electron chi connectivity index (χ2n) is 7.37. The number of allylic oxidation sites excluding steroid dienone is 1. The van der Waals surface area contributed by atoms with Gasteiger partial charge in [-0.25, -0.2) is 4.57 Å². The molecule has 33 heavy (non-hydrogen) atoms. The Morgan fingerprint density at radius 2 is 1.76 bits per heavy atom. The van der Waals surface area contributed by atoms with Gasteiger partial charge < -0.3 is 19.0 Å². The average Bonchev–Trinajstić information content (AvgIpc) is 3.30. The van der Waals surface area contributed by atoms with Crippen LogP contribution in [-0.2, 0) is 4.57 Å². The molecule has 0 radical (unpaired) electrons. The number of carbonyl (C=O) groups excluding carboxylic acids is 1. The molecular formula is C24H18NO7P. The Bertz CT molecular complexity index is 1470. The molecule has 1 aromatic heterocycles. The third kappa shape index (κ3) is 4.03. The number of fused-ring (bicyclic) bond motifs is 2. The first kappa shape index (κ1) is 21.0. The number of ether oxygens (including phenoxy) is 2. The van der Waals surface area contributed by atoms with Gasteiger partial charge in [-0.1, -0.05) is 30.3 Å². The van der Waals surface area contributed by atoms with Crippen LogP contribution in [0.15, 0.2) is 72.5 Å². The van der Waals surface area contributed by atoms with Gasteiger partial charge in [0, 0.05) is 22.5 Å². The maximum Gasteiger partial charge on any atom is 0.524 e. The molecule has 166 valence electrons. The number of Topliss-reactive ketones (excluding diaryl/α,β-unsaturated/α-hetero) is 1. The number of aromatic nitrogens is 1. The van der Waals surface area contributed by atoms with Crippen molar-refractivity contribution in [3.05, 3.63) is 83.6 Å². The van der Waals surface area contributed by atoms with E-state index in [2.05, 4.69) is 9.51 Å². The maximum absolute atomic E-state index is 13.0. The van der Waals surface area contributed by atoms with Crippen molar-refractivity contribution in [2.24, 2.45) is 0 Å². The zero-order valence-electron chi connectivity index (χ0n) is 17.3. The molecule has 0 fully saturated rings. The Labute approximate surface area is 188 Å². The Balaban J connectivity index is 1.62. The van der Waals surface area contributed by atoms with Gasteiger partial charge in [0.25, 0.3) is 0 Å². The zero-order chi connectivity index (χ0) is 23.2. The predicted molar refractivity (Wildman–Crippen MR) is 122 cm³/mol. The lowest BCUT2D eigenvalue weighted by molar-refractivity contribution is 0.101. The van der Waals surface area contributed by atoms with Gasteiger partial charge in [0.15, 0.2) is 5.76 Å². The molecule has 0 saturated heterocycles. The predicted octanol–water partition coefficient (Wildman–Crippen LogP) is 4.93. The fourth-order valence-corrected chi connectivity index (χ4v) is 4.18. The molecular weight excluding hydrogens is 445 g/mol. The quantitative estimate of drug-likeness (QED) is 0.284. The summed E-state index contributed by atoms with van der Waals surface area (Å²) < 4.78 is 26.9. The summed E-state index contributed by atoms with van der Waals surface area (Å²) in [6.07, 6.45) is 1.66. The molecule has 0 saturated carbocycles. The highest BCUT2D eigenvalue weighted by molar-refractivity contribution is 7.46. The minimum atomic E-state index is -4.74. The minimum absolute atomic E-state index is 0.0826. The maximum atomic E-state index is 13.0. The number of phosphoric ester groups is 1. The van der Waals surface area contributed by atoms with Gasteiger partial charge in [-0.05, 0) is 42.0 Å². The normalized spacial score (nSPS) is 14.4. The summed E-state index contributed by atoms with van der Waals surface area (Å²) in [5, 5.41) is 0.846. The van der Waals surface area contributed by atoms with Crippen LogP contribution in [-0.4, -0.2) is 27.7 Å². The van der Waals surface area contributed by atoms with Gasteiger partial charge in [0.1, 0.15) is 17.2 Å². The number of H-pyrrole nitrogens is 1. The highest BCUT2D eigenvalue weighted by Gasteiger charge is 2.29. The van der Waals surface area contributed by atoms with Crippen LogP contribution in [0.25, 0.3) is 28.2 Å². The van der Waals surface area contributed by atoms with Gasteiger partial charge in [-0.2, -0.15) is 0 Å². The fourth-order valence-electron chi connectivity index (χ4n) is 3.79. The van der Waals surface area contributed by atoms with E-state index in [0.717, 1.165) is 27.7 Å². The van der Waals surface area contributed by atoms with Crippen molar-refractivity contribution in [2.45, 2.75) is 0 Å². The molecule has 4 aromatic rings. The van der Waals surface area contributed by atoms with Crippen LogP contribution in [0.5, 0.6) is 17.2 Å². The monoisotopic (exact) mass is 463 g/mol. The van der Waals surface area contributed by atoms with Crippen molar-refractivity contribution in [1.82, 2.24) is 4.98 Å². The highest BCUT2D eigenvalue weighted by Crippen LogP contribution is 2.42. The average molecular weight is 463 g/mol. The lowest BCUT2D eigenvalue weighted by Gasteiger charge is -2.07. The minimum Gasteiger partial charge on any atom is -0.497 e. The van der Waals surface area contributed by atoms with E-state index < -0.39 is 7.82 Å². The van der Waals surface area contributed by atoms with E-state index in [1.54, 1.807) is 13.2 Å². The van der Waals surface area contributed by atoms with Crippen molar-refractivity contribution in [1.29, 1.82) is 0 Å². The Morgan fingerprint density at radius 3 is 2.48 bits per heavy atom. The first-order valence-electron chi connectivity index (χ1n) is 9.91. The van der Waals surface area contributed by atoms with Crippen molar-refractivity contribution in [2.75, 3.05) is 7.11 Å². The second kappa shape index (κ2) is 7.94. The molecule has 0 bridgehead atoms. The molecule has 3 N–H and O–H groups in total. The third-order valence-corrected chi connectivity index (χ3v) is 5.70. The topological polar surface area (TPSA) is 118 Å². The zero-order valence-corrected chi connectivity index (χ0v) is 18.2. The smallest absolute Gasteiger partial charge is 0.497 e. The second-order valence-corrected chi connectivity index (χ2v) is 8.53. The van der Waals surface area contributed by atoms with Crippen LogP contribution in [0.1, 0.15) is 15.9 Å². The molecule has 5 rings (SSSR count). The van der Waals surface area contributed by atoms with E-state index in [0.29, 0.717) is 5.75 Å².